The van der Waals surface area contributed by atoms with Crippen LogP contribution in [0.1, 0.15) is 13.3 Å². The van der Waals surface area contributed by atoms with E-state index >= 15 is 0 Å². The summed E-state index contributed by atoms with van der Waals surface area (Å²) in [4.78, 5) is 11.5. The van der Waals surface area contributed by atoms with Gasteiger partial charge in [-0.3, -0.25) is 4.79 Å². The molecule has 0 aliphatic heterocycles. The van der Waals surface area contributed by atoms with Crippen LogP contribution < -0.4 is 11.1 Å². The molecule has 0 saturated carbocycles. The molecule has 0 radical (unpaired) electrons. The maximum Gasteiger partial charge on any atom is 0.234 e. The van der Waals surface area contributed by atoms with Crippen molar-refractivity contribution >= 4 is 23.4 Å². The number of carbonyl (C=O) groups is 1. The summed E-state index contributed by atoms with van der Waals surface area (Å²) in [5.41, 5.74) is 5.52. The molecule has 1 aromatic rings. The minimum atomic E-state index is -0.713. The Morgan fingerprint density at radius 1 is 1.39 bits per heavy atom. The fourth-order valence-corrected chi connectivity index (χ4v) is 2.17. The first-order chi connectivity index (χ1) is 8.51. The maximum absolute atomic E-state index is 12.9. The van der Waals surface area contributed by atoms with Crippen LogP contribution in [0.2, 0.25) is 0 Å². The predicted octanol–water partition coefficient (Wildman–Crippen LogP) is 2.37. The number of nitrogens with one attached hydrogen (secondary N) is 1. The fraction of sp³-hybridized carbons (Fsp3) is 0.417. The minimum absolute atomic E-state index is 0.129. The highest BCUT2D eigenvalue weighted by molar-refractivity contribution is 8.00. The highest BCUT2D eigenvalue weighted by Gasteiger charge is 2.08. The van der Waals surface area contributed by atoms with Crippen LogP contribution in [-0.2, 0) is 4.79 Å². The number of halogens is 2. The Bertz CT molecular complexity index is 395. The van der Waals surface area contributed by atoms with Gasteiger partial charge in [0, 0.05) is 17.0 Å². The van der Waals surface area contributed by atoms with E-state index in [1.54, 1.807) is 0 Å². The molecule has 1 unspecified atom stereocenters. The van der Waals surface area contributed by atoms with Gasteiger partial charge in [0.2, 0.25) is 5.91 Å². The molecule has 1 atom stereocenters. The maximum atomic E-state index is 12.9. The molecular weight excluding hydrogens is 258 g/mol. The van der Waals surface area contributed by atoms with E-state index in [0.717, 1.165) is 24.6 Å². The van der Waals surface area contributed by atoms with E-state index in [9.17, 15) is 13.6 Å². The summed E-state index contributed by atoms with van der Waals surface area (Å²) in [6, 6.07) is 2.91. The average Bonchev–Trinajstić information content (AvgIpc) is 2.25. The second kappa shape index (κ2) is 7.33. The van der Waals surface area contributed by atoms with Crippen molar-refractivity contribution in [2.24, 2.45) is 5.73 Å². The summed E-state index contributed by atoms with van der Waals surface area (Å²) >= 11 is 1.46. The molecule has 1 rings (SSSR count). The van der Waals surface area contributed by atoms with Crippen LogP contribution in [0.3, 0.4) is 0 Å². The molecule has 6 heteroatoms. The van der Waals surface area contributed by atoms with E-state index in [-0.39, 0.29) is 22.6 Å². The van der Waals surface area contributed by atoms with Crippen molar-refractivity contribution in [1.82, 2.24) is 0 Å². The molecule has 3 N–H and O–H groups in total. The van der Waals surface area contributed by atoms with Crippen LogP contribution in [0.25, 0.3) is 0 Å². The Morgan fingerprint density at radius 2 is 2.00 bits per heavy atom. The standard InChI is InChI=1S/C12H16F2N2OS/c1-8(2-3-15)18-7-12(17)16-11-5-9(13)4-10(14)6-11/h4-6,8H,2-3,7,15H2,1H3,(H,16,17). The third-order valence-corrected chi connectivity index (χ3v) is 3.45. The van der Waals surface area contributed by atoms with Gasteiger partial charge in [0.15, 0.2) is 0 Å². The number of nitrogens with two attached hydrogens (primary N) is 1. The normalized spacial score (nSPS) is 12.2. The summed E-state index contributed by atoms with van der Waals surface area (Å²) in [6.07, 6.45) is 0.826. The van der Waals surface area contributed by atoms with Crippen LogP contribution in [0.15, 0.2) is 18.2 Å². The van der Waals surface area contributed by atoms with E-state index in [1.165, 1.54) is 11.8 Å². The number of benzene rings is 1. The topological polar surface area (TPSA) is 55.1 Å². The number of rotatable bonds is 6. The summed E-state index contributed by atoms with van der Waals surface area (Å²) in [5.74, 6) is -1.47. The average molecular weight is 274 g/mol. The van der Waals surface area contributed by atoms with Crippen LogP contribution in [0.4, 0.5) is 14.5 Å². The van der Waals surface area contributed by atoms with Crippen LogP contribution >= 0.6 is 11.8 Å². The lowest BCUT2D eigenvalue weighted by Crippen LogP contribution is -2.17. The molecule has 1 aromatic carbocycles. The molecule has 100 valence electrons. The van der Waals surface area contributed by atoms with E-state index < -0.39 is 11.6 Å². The monoisotopic (exact) mass is 274 g/mol. The number of thioether (sulfide) groups is 1. The molecule has 0 aliphatic rings. The van der Waals surface area contributed by atoms with Gasteiger partial charge >= 0.3 is 0 Å². The first-order valence-electron chi connectivity index (χ1n) is 5.59. The Labute approximate surface area is 109 Å². The van der Waals surface area contributed by atoms with E-state index in [0.29, 0.717) is 6.54 Å². The number of amides is 1. The third-order valence-electron chi connectivity index (χ3n) is 2.22. The van der Waals surface area contributed by atoms with Gasteiger partial charge in [0.25, 0.3) is 0 Å². The molecule has 3 nitrogen and oxygen atoms in total. The lowest BCUT2D eigenvalue weighted by molar-refractivity contribution is -0.113. The molecule has 0 aromatic heterocycles. The summed E-state index contributed by atoms with van der Waals surface area (Å²) in [5, 5.41) is 2.73. The van der Waals surface area contributed by atoms with Gasteiger partial charge < -0.3 is 11.1 Å². The molecule has 1 amide bonds. The van der Waals surface area contributed by atoms with Crippen molar-refractivity contribution in [2.75, 3.05) is 17.6 Å². The summed E-state index contributed by atoms with van der Waals surface area (Å²) in [7, 11) is 0. The Kier molecular flexibility index (Phi) is 6.07. The highest BCUT2D eigenvalue weighted by Crippen LogP contribution is 2.16. The Balaban J connectivity index is 2.44. The highest BCUT2D eigenvalue weighted by atomic mass is 32.2. The molecule has 0 spiro atoms. The minimum Gasteiger partial charge on any atom is -0.330 e. The summed E-state index contributed by atoms with van der Waals surface area (Å²) in [6.45, 7) is 2.55. The van der Waals surface area contributed by atoms with Gasteiger partial charge in [-0.25, -0.2) is 8.78 Å². The second-order valence-corrected chi connectivity index (χ2v) is 5.33. The van der Waals surface area contributed by atoms with Gasteiger partial charge in [0.1, 0.15) is 11.6 Å². The van der Waals surface area contributed by atoms with Crippen molar-refractivity contribution in [3.63, 3.8) is 0 Å². The number of hydrogen-bond donors (Lipinski definition) is 2. The zero-order chi connectivity index (χ0) is 13.5. The predicted molar refractivity (Wildman–Crippen MR) is 70.6 cm³/mol. The number of anilines is 1. The zero-order valence-corrected chi connectivity index (χ0v) is 10.9. The van der Waals surface area contributed by atoms with Crippen molar-refractivity contribution < 1.29 is 13.6 Å². The molecule has 0 bridgehead atoms. The van der Waals surface area contributed by atoms with Crippen LogP contribution in [0.5, 0.6) is 0 Å². The number of hydrogen-bond acceptors (Lipinski definition) is 3. The van der Waals surface area contributed by atoms with Crippen LogP contribution in [0, 0.1) is 11.6 Å². The van der Waals surface area contributed by atoms with Gasteiger partial charge in [-0.1, -0.05) is 6.92 Å². The van der Waals surface area contributed by atoms with E-state index in [4.69, 9.17) is 5.73 Å². The molecule has 0 heterocycles. The first kappa shape index (κ1) is 14.9. The Hall–Kier alpha value is -1.14. The molecule has 0 saturated heterocycles. The zero-order valence-electron chi connectivity index (χ0n) is 10.1. The molecule has 18 heavy (non-hydrogen) atoms. The largest absolute Gasteiger partial charge is 0.330 e. The van der Waals surface area contributed by atoms with E-state index in [2.05, 4.69) is 5.32 Å². The number of carbonyl (C=O) groups excluding carboxylic acids is 1. The van der Waals surface area contributed by atoms with Crippen molar-refractivity contribution in [2.45, 2.75) is 18.6 Å². The van der Waals surface area contributed by atoms with Gasteiger partial charge in [-0.15, -0.1) is 11.8 Å². The van der Waals surface area contributed by atoms with E-state index in [1.807, 2.05) is 6.92 Å². The third kappa shape index (κ3) is 5.46. The van der Waals surface area contributed by atoms with Crippen molar-refractivity contribution in [3.8, 4) is 0 Å². The first-order valence-corrected chi connectivity index (χ1v) is 6.63. The van der Waals surface area contributed by atoms with Crippen molar-refractivity contribution in [3.05, 3.63) is 29.8 Å². The second-order valence-electron chi connectivity index (χ2n) is 3.91. The van der Waals surface area contributed by atoms with Gasteiger partial charge in [0.05, 0.1) is 5.75 Å². The summed E-state index contributed by atoms with van der Waals surface area (Å²) < 4.78 is 25.8. The lowest BCUT2D eigenvalue weighted by Gasteiger charge is -2.10. The quantitative estimate of drug-likeness (QED) is 0.837. The van der Waals surface area contributed by atoms with Gasteiger partial charge in [-0.2, -0.15) is 0 Å². The van der Waals surface area contributed by atoms with Crippen LogP contribution in [-0.4, -0.2) is 23.5 Å². The fourth-order valence-electron chi connectivity index (χ4n) is 1.36. The van der Waals surface area contributed by atoms with Gasteiger partial charge in [-0.05, 0) is 25.1 Å². The SMILES string of the molecule is CC(CCN)SCC(=O)Nc1cc(F)cc(F)c1. The lowest BCUT2D eigenvalue weighted by atomic mass is 10.3. The Morgan fingerprint density at radius 3 is 2.56 bits per heavy atom. The smallest absolute Gasteiger partial charge is 0.234 e. The molecule has 0 aliphatic carbocycles. The molecular formula is C12H16F2N2OS. The molecule has 0 fully saturated rings. The van der Waals surface area contributed by atoms with Crippen molar-refractivity contribution in [1.29, 1.82) is 0 Å².